The first-order valence-corrected chi connectivity index (χ1v) is 5.75. The van der Waals surface area contributed by atoms with Gasteiger partial charge in [-0.15, -0.1) is 0 Å². The molecule has 0 saturated heterocycles. The lowest BCUT2D eigenvalue weighted by molar-refractivity contribution is 0.00526. The molecule has 17 heavy (non-hydrogen) atoms. The monoisotopic (exact) mass is 240 g/mol. The van der Waals surface area contributed by atoms with Crippen molar-refractivity contribution in [2.24, 2.45) is 0 Å². The number of hydrogen-bond acceptors (Lipinski definition) is 4. The Morgan fingerprint density at radius 2 is 2.00 bits per heavy atom. The smallest absolute Gasteiger partial charge is 0.119 e. The molecular formula is C13H20O4. The maximum Gasteiger partial charge on any atom is 0.119 e. The highest BCUT2D eigenvalue weighted by Crippen LogP contribution is 2.19. The summed E-state index contributed by atoms with van der Waals surface area (Å²) in [6, 6.07) is 7.33. The van der Waals surface area contributed by atoms with Crippen molar-refractivity contribution in [2.75, 3.05) is 33.5 Å². The number of aliphatic hydroxyl groups is 1. The first-order chi connectivity index (χ1) is 8.27. The molecule has 0 radical (unpaired) electrons. The minimum absolute atomic E-state index is 0.264. The van der Waals surface area contributed by atoms with E-state index in [4.69, 9.17) is 14.2 Å². The van der Waals surface area contributed by atoms with Gasteiger partial charge in [-0.1, -0.05) is 12.1 Å². The summed E-state index contributed by atoms with van der Waals surface area (Å²) in [6.45, 7) is 3.93. The Morgan fingerprint density at radius 3 is 2.71 bits per heavy atom. The molecule has 0 bridgehead atoms. The molecule has 0 aliphatic carbocycles. The van der Waals surface area contributed by atoms with Crippen molar-refractivity contribution >= 4 is 0 Å². The van der Waals surface area contributed by atoms with Crippen LogP contribution in [-0.2, 0) is 9.47 Å². The first-order valence-electron chi connectivity index (χ1n) is 5.75. The lowest BCUT2D eigenvalue weighted by Gasteiger charge is -2.12. The van der Waals surface area contributed by atoms with Crippen molar-refractivity contribution in [1.82, 2.24) is 0 Å². The molecule has 0 saturated carbocycles. The lowest BCUT2D eigenvalue weighted by atomic mass is 10.1. The van der Waals surface area contributed by atoms with Gasteiger partial charge in [-0.2, -0.15) is 0 Å². The van der Waals surface area contributed by atoms with Gasteiger partial charge in [0.2, 0.25) is 0 Å². The van der Waals surface area contributed by atoms with Gasteiger partial charge in [-0.25, -0.2) is 0 Å². The zero-order chi connectivity index (χ0) is 12.5. The first kappa shape index (κ1) is 14.0. The zero-order valence-corrected chi connectivity index (χ0v) is 10.4. The molecule has 1 atom stereocenters. The van der Waals surface area contributed by atoms with E-state index in [9.17, 15) is 5.11 Å². The minimum Gasteiger partial charge on any atom is -0.497 e. The van der Waals surface area contributed by atoms with Crippen LogP contribution in [0.25, 0.3) is 0 Å². The molecule has 4 nitrogen and oxygen atoms in total. The predicted molar refractivity (Wildman–Crippen MR) is 65.3 cm³/mol. The molecule has 1 aromatic rings. The van der Waals surface area contributed by atoms with Gasteiger partial charge < -0.3 is 19.3 Å². The molecule has 1 N–H and O–H groups in total. The summed E-state index contributed by atoms with van der Waals surface area (Å²) in [5.74, 6) is 0.732. The summed E-state index contributed by atoms with van der Waals surface area (Å²) in [4.78, 5) is 0. The molecule has 96 valence electrons. The second-order valence-electron chi connectivity index (χ2n) is 3.56. The van der Waals surface area contributed by atoms with Gasteiger partial charge in [0.05, 0.1) is 26.9 Å². The summed E-state index contributed by atoms with van der Waals surface area (Å²) in [5.41, 5.74) is 0.792. The molecule has 0 fully saturated rings. The van der Waals surface area contributed by atoms with E-state index in [1.54, 1.807) is 13.2 Å². The Balaban J connectivity index is 2.33. The number of rotatable bonds is 8. The molecule has 0 amide bonds. The van der Waals surface area contributed by atoms with Crippen LogP contribution in [0.1, 0.15) is 18.6 Å². The maximum absolute atomic E-state index is 9.88. The maximum atomic E-state index is 9.88. The van der Waals surface area contributed by atoms with E-state index in [-0.39, 0.29) is 6.61 Å². The van der Waals surface area contributed by atoms with E-state index in [0.29, 0.717) is 19.8 Å². The number of methoxy groups -OCH3 is 1. The molecule has 0 aliphatic heterocycles. The highest BCUT2D eigenvalue weighted by atomic mass is 16.5. The van der Waals surface area contributed by atoms with Gasteiger partial charge >= 0.3 is 0 Å². The second kappa shape index (κ2) is 8.06. The van der Waals surface area contributed by atoms with E-state index in [2.05, 4.69) is 0 Å². The summed E-state index contributed by atoms with van der Waals surface area (Å²) in [6.07, 6.45) is -0.633. The topological polar surface area (TPSA) is 47.9 Å². The SMILES string of the molecule is CCOCCOCC(O)c1cccc(OC)c1. The summed E-state index contributed by atoms with van der Waals surface area (Å²) in [5, 5.41) is 9.88. The number of aliphatic hydroxyl groups excluding tert-OH is 1. The summed E-state index contributed by atoms with van der Waals surface area (Å²) in [7, 11) is 1.60. The minimum atomic E-state index is -0.633. The van der Waals surface area contributed by atoms with Crippen LogP contribution >= 0.6 is 0 Å². The van der Waals surface area contributed by atoms with Gasteiger partial charge in [0, 0.05) is 6.61 Å². The van der Waals surface area contributed by atoms with E-state index in [1.807, 2.05) is 25.1 Å². The fourth-order valence-electron chi connectivity index (χ4n) is 1.40. The molecule has 1 aromatic carbocycles. The highest BCUT2D eigenvalue weighted by molar-refractivity contribution is 5.29. The van der Waals surface area contributed by atoms with Crippen LogP contribution in [0, 0.1) is 0 Å². The van der Waals surface area contributed by atoms with Crippen molar-refractivity contribution in [1.29, 1.82) is 0 Å². The molecule has 0 spiro atoms. The average molecular weight is 240 g/mol. The van der Waals surface area contributed by atoms with Crippen molar-refractivity contribution in [3.63, 3.8) is 0 Å². The Labute approximate surface area is 102 Å². The van der Waals surface area contributed by atoms with Crippen LogP contribution < -0.4 is 4.74 Å². The normalized spacial score (nSPS) is 12.4. The highest BCUT2D eigenvalue weighted by Gasteiger charge is 2.08. The molecular weight excluding hydrogens is 220 g/mol. The third-order valence-electron chi connectivity index (χ3n) is 2.33. The molecule has 1 rings (SSSR count). The number of hydrogen-bond donors (Lipinski definition) is 1. The summed E-state index contributed by atoms with van der Waals surface area (Å²) < 4.78 is 15.5. The van der Waals surface area contributed by atoms with Gasteiger partial charge in [-0.05, 0) is 24.6 Å². The number of benzene rings is 1. The fraction of sp³-hybridized carbons (Fsp3) is 0.538. The Kier molecular flexibility index (Phi) is 6.62. The Morgan fingerprint density at radius 1 is 1.24 bits per heavy atom. The standard InChI is InChI=1S/C13H20O4/c1-3-16-7-8-17-10-13(14)11-5-4-6-12(9-11)15-2/h4-6,9,13-14H,3,7-8,10H2,1-2H3. The van der Waals surface area contributed by atoms with E-state index in [0.717, 1.165) is 11.3 Å². The van der Waals surface area contributed by atoms with Crippen molar-refractivity contribution in [3.8, 4) is 5.75 Å². The predicted octanol–water partition coefficient (Wildman–Crippen LogP) is 1.78. The lowest BCUT2D eigenvalue weighted by Crippen LogP contribution is -2.11. The quantitative estimate of drug-likeness (QED) is 0.704. The third-order valence-corrected chi connectivity index (χ3v) is 2.33. The molecule has 0 heterocycles. The second-order valence-corrected chi connectivity index (χ2v) is 3.56. The van der Waals surface area contributed by atoms with Crippen LogP contribution in [0.3, 0.4) is 0 Å². The summed E-state index contributed by atoms with van der Waals surface area (Å²) >= 11 is 0. The van der Waals surface area contributed by atoms with Crippen LogP contribution in [0.15, 0.2) is 24.3 Å². The third kappa shape index (κ3) is 5.17. The largest absolute Gasteiger partial charge is 0.497 e. The van der Waals surface area contributed by atoms with E-state index < -0.39 is 6.10 Å². The average Bonchev–Trinajstić information content (AvgIpc) is 2.38. The Bertz CT molecular complexity index is 314. The van der Waals surface area contributed by atoms with Gasteiger partial charge in [0.1, 0.15) is 11.9 Å². The van der Waals surface area contributed by atoms with Gasteiger partial charge in [-0.3, -0.25) is 0 Å². The zero-order valence-electron chi connectivity index (χ0n) is 10.4. The van der Waals surface area contributed by atoms with Crippen LogP contribution in [0.4, 0.5) is 0 Å². The van der Waals surface area contributed by atoms with E-state index in [1.165, 1.54) is 0 Å². The van der Waals surface area contributed by atoms with Crippen LogP contribution in [-0.4, -0.2) is 38.6 Å². The molecule has 0 aromatic heterocycles. The van der Waals surface area contributed by atoms with Crippen molar-refractivity contribution in [3.05, 3.63) is 29.8 Å². The van der Waals surface area contributed by atoms with Crippen LogP contribution in [0.2, 0.25) is 0 Å². The van der Waals surface area contributed by atoms with Gasteiger partial charge in [0.15, 0.2) is 0 Å². The Hall–Kier alpha value is -1.10. The molecule has 1 unspecified atom stereocenters. The molecule has 0 aliphatic rings. The molecule has 4 heteroatoms. The van der Waals surface area contributed by atoms with E-state index >= 15 is 0 Å². The van der Waals surface area contributed by atoms with Crippen molar-refractivity contribution in [2.45, 2.75) is 13.0 Å². The van der Waals surface area contributed by atoms with Crippen molar-refractivity contribution < 1.29 is 19.3 Å². The number of ether oxygens (including phenoxy) is 3. The van der Waals surface area contributed by atoms with Gasteiger partial charge in [0.25, 0.3) is 0 Å². The van der Waals surface area contributed by atoms with Crippen LogP contribution in [0.5, 0.6) is 5.75 Å². The fourth-order valence-corrected chi connectivity index (χ4v) is 1.40.